The van der Waals surface area contributed by atoms with E-state index in [0.29, 0.717) is 22.8 Å². The van der Waals surface area contributed by atoms with E-state index >= 15 is 0 Å². The SMILES string of the molecule is COc1ccc(COc2c(Cl)cc(-c3cc(CO)on3)c(Cl)c2OCc2ccc(OC)cc2)cc1. The maximum atomic E-state index is 9.32. The molecule has 0 aliphatic rings. The van der Waals surface area contributed by atoms with Gasteiger partial charge in [0.1, 0.15) is 37.0 Å². The number of aliphatic hydroxyl groups excluding tert-OH is 1. The largest absolute Gasteiger partial charge is 0.497 e. The van der Waals surface area contributed by atoms with Gasteiger partial charge in [0.05, 0.1) is 24.3 Å². The second kappa shape index (κ2) is 11.4. The predicted molar refractivity (Wildman–Crippen MR) is 133 cm³/mol. The van der Waals surface area contributed by atoms with Crippen molar-refractivity contribution < 1.29 is 28.6 Å². The Morgan fingerprint density at radius 3 is 1.83 bits per heavy atom. The van der Waals surface area contributed by atoms with Crippen molar-refractivity contribution >= 4 is 23.2 Å². The first-order valence-corrected chi connectivity index (χ1v) is 11.4. The van der Waals surface area contributed by atoms with Gasteiger partial charge in [-0.05, 0) is 41.5 Å². The Labute approximate surface area is 212 Å². The highest BCUT2D eigenvalue weighted by atomic mass is 35.5. The summed E-state index contributed by atoms with van der Waals surface area (Å²) in [6.45, 7) is 0.155. The second-order valence-corrected chi connectivity index (χ2v) is 8.27. The van der Waals surface area contributed by atoms with Crippen LogP contribution >= 0.6 is 23.2 Å². The Morgan fingerprint density at radius 2 is 1.34 bits per heavy atom. The van der Waals surface area contributed by atoms with Crippen LogP contribution < -0.4 is 18.9 Å². The quantitative estimate of drug-likeness (QED) is 0.264. The normalized spacial score (nSPS) is 10.8. The standard InChI is InChI=1S/C26H23Cl2NO6/c1-31-18-7-3-16(4-8-18)14-33-25-22(27)12-21(23-11-20(13-30)35-29-23)24(28)26(25)34-15-17-5-9-19(32-2)10-6-17/h3-12,30H,13-15H2,1-2H3. The van der Waals surface area contributed by atoms with Gasteiger partial charge < -0.3 is 28.6 Å². The molecule has 0 radical (unpaired) electrons. The fourth-order valence-electron chi connectivity index (χ4n) is 3.30. The fourth-order valence-corrected chi connectivity index (χ4v) is 3.85. The number of benzene rings is 3. The molecule has 0 aliphatic heterocycles. The lowest BCUT2D eigenvalue weighted by molar-refractivity contribution is 0.229. The highest BCUT2D eigenvalue weighted by Crippen LogP contribution is 2.47. The molecule has 0 saturated carbocycles. The van der Waals surface area contributed by atoms with Gasteiger partial charge in [0.15, 0.2) is 17.3 Å². The minimum atomic E-state index is -0.289. The summed E-state index contributed by atoms with van der Waals surface area (Å²) in [5.74, 6) is 2.36. The molecule has 4 aromatic rings. The molecule has 0 spiro atoms. The molecule has 3 aromatic carbocycles. The molecule has 0 atom stereocenters. The Kier molecular flexibility index (Phi) is 8.02. The van der Waals surface area contributed by atoms with Crippen LogP contribution in [-0.2, 0) is 19.8 Å². The Bertz CT molecular complexity index is 1270. The van der Waals surface area contributed by atoms with E-state index in [0.717, 1.165) is 22.6 Å². The monoisotopic (exact) mass is 515 g/mol. The van der Waals surface area contributed by atoms with E-state index in [1.54, 1.807) is 26.4 Å². The first-order valence-electron chi connectivity index (χ1n) is 10.6. The van der Waals surface area contributed by atoms with Crippen molar-refractivity contribution in [3.63, 3.8) is 0 Å². The Hall–Kier alpha value is -3.39. The average Bonchev–Trinajstić information content (AvgIpc) is 3.38. The molecule has 0 aliphatic carbocycles. The molecule has 1 aromatic heterocycles. The number of aromatic nitrogens is 1. The molecule has 0 fully saturated rings. The minimum Gasteiger partial charge on any atom is -0.497 e. The van der Waals surface area contributed by atoms with Crippen LogP contribution in [0.4, 0.5) is 0 Å². The van der Waals surface area contributed by atoms with E-state index in [1.165, 1.54) is 0 Å². The third kappa shape index (κ3) is 5.82. The average molecular weight is 516 g/mol. The number of methoxy groups -OCH3 is 2. The molecule has 1 heterocycles. The number of aliphatic hydroxyl groups is 1. The maximum Gasteiger partial charge on any atom is 0.182 e. The molecular weight excluding hydrogens is 493 g/mol. The number of hydrogen-bond acceptors (Lipinski definition) is 7. The van der Waals surface area contributed by atoms with Crippen LogP contribution in [0.3, 0.4) is 0 Å². The molecule has 1 N–H and O–H groups in total. The van der Waals surface area contributed by atoms with Crippen LogP contribution in [0.5, 0.6) is 23.0 Å². The molecule has 35 heavy (non-hydrogen) atoms. The minimum absolute atomic E-state index is 0.211. The lowest BCUT2D eigenvalue weighted by atomic mass is 10.1. The van der Waals surface area contributed by atoms with Gasteiger partial charge in [-0.1, -0.05) is 52.6 Å². The summed E-state index contributed by atoms with van der Waals surface area (Å²) in [6, 6.07) is 18.2. The molecule has 9 heteroatoms. The third-order valence-corrected chi connectivity index (χ3v) is 5.86. The number of hydrogen-bond donors (Lipinski definition) is 1. The number of rotatable bonds is 10. The predicted octanol–water partition coefficient (Wildman–Crippen LogP) is 6.32. The summed E-state index contributed by atoms with van der Waals surface area (Å²) >= 11 is 13.4. The summed E-state index contributed by atoms with van der Waals surface area (Å²) in [7, 11) is 3.22. The highest BCUT2D eigenvalue weighted by molar-refractivity contribution is 6.37. The molecule has 0 unspecified atom stereocenters. The molecule has 182 valence electrons. The number of ether oxygens (including phenoxy) is 4. The fraction of sp³-hybridized carbons (Fsp3) is 0.192. The van der Waals surface area contributed by atoms with E-state index in [4.69, 9.17) is 46.7 Å². The summed E-state index contributed by atoms with van der Waals surface area (Å²) in [4.78, 5) is 0. The number of halogens is 2. The van der Waals surface area contributed by atoms with Crippen LogP contribution in [0.25, 0.3) is 11.3 Å². The molecule has 4 rings (SSSR count). The molecule has 7 nitrogen and oxygen atoms in total. The summed E-state index contributed by atoms with van der Waals surface area (Å²) in [5.41, 5.74) is 2.71. The van der Waals surface area contributed by atoms with E-state index < -0.39 is 0 Å². The van der Waals surface area contributed by atoms with Gasteiger partial charge in [-0.15, -0.1) is 0 Å². The van der Waals surface area contributed by atoms with Gasteiger partial charge in [0.25, 0.3) is 0 Å². The van der Waals surface area contributed by atoms with E-state index in [9.17, 15) is 5.11 Å². The lowest BCUT2D eigenvalue weighted by Gasteiger charge is -2.18. The zero-order valence-corrected chi connectivity index (χ0v) is 20.6. The van der Waals surface area contributed by atoms with E-state index in [1.807, 2.05) is 48.5 Å². The molecular formula is C26H23Cl2NO6. The summed E-state index contributed by atoms with van der Waals surface area (Å²) < 4.78 is 27.7. The van der Waals surface area contributed by atoms with Crippen molar-refractivity contribution in [1.82, 2.24) is 5.16 Å². The van der Waals surface area contributed by atoms with Crippen LogP contribution in [-0.4, -0.2) is 24.5 Å². The van der Waals surface area contributed by atoms with Crippen molar-refractivity contribution in [1.29, 1.82) is 0 Å². The first-order chi connectivity index (χ1) is 17.0. The van der Waals surface area contributed by atoms with Crippen molar-refractivity contribution in [2.24, 2.45) is 0 Å². The van der Waals surface area contributed by atoms with Crippen molar-refractivity contribution in [2.45, 2.75) is 19.8 Å². The molecule has 0 bridgehead atoms. The van der Waals surface area contributed by atoms with Crippen molar-refractivity contribution in [3.8, 4) is 34.3 Å². The Balaban J connectivity index is 1.66. The topological polar surface area (TPSA) is 83.2 Å². The van der Waals surface area contributed by atoms with Gasteiger partial charge in [0.2, 0.25) is 0 Å². The van der Waals surface area contributed by atoms with Gasteiger partial charge in [-0.2, -0.15) is 0 Å². The van der Waals surface area contributed by atoms with Crippen molar-refractivity contribution in [2.75, 3.05) is 14.2 Å². The van der Waals surface area contributed by atoms with Gasteiger partial charge in [-0.25, -0.2) is 0 Å². The third-order valence-electron chi connectivity index (χ3n) is 5.21. The van der Waals surface area contributed by atoms with Crippen LogP contribution in [0.2, 0.25) is 10.0 Å². The van der Waals surface area contributed by atoms with E-state index in [-0.39, 0.29) is 35.6 Å². The van der Waals surface area contributed by atoms with Gasteiger partial charge in [-0.3, -0.25) is 0 Å². The second-order valence-electron chi connectivity index (χ2n) is 7.49. The van der Waals surface area contributed by atoms with Crippen molar-refractivity contribution in [3.05, 3.63) is 87.6 Å². The van der Waals surface area contributed by atoms with Crippen LogP contribution in [0.1, 0.15) is 16.9 Å². The Morgan fingerprint density at radius 1 is 0.800 bits per heavy atom. The van der Waals surface area contributed by atoms with Crippen LogP contribution in [0, 0.1) is 0 Å². The first kappa shape index (κ1) is 24.7. The number of nitrogens with zero attached hydrogens (tertiary/aromatic N) is 1. The van der Waals surface area contributed by atoms with Gasteiger partial charge in [0, 0.05) is 11.6 Å². The highest BCUT2D eigenvalue weighted by Gasteiger charge is 2.22. The zero-order valence-electron chi connectivity index (χ0n) is 19.1. The van der Waals surface area contributed by atoms with Gasteiger partial charge >= 0.3 is 0 Å². The summed E-state index contributed by atoms with van der Waals surface area (Å²) in [5, 5.41) is 13.8. The maximum absolute atomic E-state index is 9.32. The van der Waals surface area contributed by atoms with Crippen LogP contribution in [0.15, 0.2) is 65.2 Å². The smallest absolute Gasteiger partial charge is 0.182 e. The lowest BCUT2D eigenvalue weighted by Crippen LogP contribution is -2.03. The van der Waals surface area contributed by atoms with E-state index in [2.05, 4.69) is 5.16 Å². The zero-order chi connectivity index (χ0) is 24.8. The molecule has 0 amide bonds. The molecule has 0 saturated heterocycles. The summed E-state index contributed by atoms with van der Waals surface area (Å²) in [6.07, 6.45) is 0.